The third-order valence-corrected chi connectivity index (χ3v) is 5.17. The molecular weight excluding hydrogens is 434 g/mol. The van der Waals surface area contributed by atoms with Crippen molar-refractivity contribution in [1.29, 1.82) is 0 Å². The Morgan fingerprint density at radius 1 is 0.818 bits per heavy atom. The zero-order chi connectivity index (χ0) is 23.5. The number of nitrogens with zero attached hydrogens (tertiary/aromatic N) is 1. The lowest BCUT2D eigenvalue weighted by Gasteiger charge is -2.21. The number of ether oxygens (including phenoxy) is 2. The Labute approximate surface area is 200 Å². The van der Waals surface area contributed by atoms with Gasteiger partial charge in [0, 0.05) is 30.0 Å². The van der Waals surface area contributed by atoms with Crippen molar-refractivity contribution in [2.45, 2.75) is 13.8 Å². The van der Waals surface area contributed by atoms with E-state index in [1.54, 1.807) is 24.3 Å². The van der Waals surface area contributed by atoms with Crippen molar-refractivity contribution in [3.05, 3.63) is 84.4 Å². The van der Waals surface area contributed by atoms with Crippen molar-refractivity contribution >= 4 is 34.6 Å². The lowest BCUT2D eigenvalue weighted by molar-refractivity contribution is 0.0977. The molecule has 0 aliphatic rings. The Hall–Kier alpha value is -3.58. The summed E-state index contributed by atoms with van der Waals surface area (Å²) in [4.78, 5) is 14.7. The maximum Gasteiger partial charge on any atom is 0.257 e. The lowest BCUT2D eigenvalue weighted by atomic mass is 10.2. The van der Waals surface area contributed by atoms with Crippen LogP contribution < -0.4 is 25.0 Å². The fourth-order valence-electron chi connectivity index (χ4n) is 3.22. The molecule has 3 aromatic carbocycles. The zero-order valence-corrected chi connectivity index (χ0v) is 19.7. The van der Waals surface area contributed by atoms with Crippen LogP contribution in [0, 0.1) is 0 Å². The van der Waals surface area contributed by atoms with Crippen molar-refractivity contribution in [2.24, 2.45) is 0 Å². The Bertz CT molecular complexity index is 1020. The first-order chi connectivity index (χ1) is 16.1. The van der Waals surface area contributed by atoms with Gasteiger partial charge in [0.15, 0.2) is 5.11 Å². The van der Waals surface area contributed by atoms with Gasteiger partial charge in [-0.15, -0.1) is 0 Å². The maximum atomic E-state index is 12.5. The number of benzene rings is 3. The van der Waals surface area contributed by atoms with E-state index in [4.69, 9.17) is 21.7 Å². The van der Waals surface area contributed by atoms with Crippen molar-refractivity contribution in [3.63, 3.8) is 0 Å². The Morgan fingerprint density at radius 3 is 1.97 bits per heavy atom. The lowest BCUT2D eigenvalue weighted by Crippen LogP contribution is -2.34. The van der Waals surface area contributed by atoms with E-state index in [1.165, 1.54) is 0 Å². The third-order valence-electron chi connectivity index (χ3n) is 4.96. The predicted molar refractivity (Wildman–Crippen MR) is 138 cm³/mol. The fraction of sp³-hybridized carbons (Fsp3) is 0.231. The molecule has 0 aromatic heterocycles. The summed E-state index contributed by atoms with van der Waals surface area (Å²) < 4.78 is 11.3. The molecule has 0 bridgehead atoms. The number of rotatable bonds is 10. The van der Waals surface area contributed by atoms with Crippen LogP contribution in [0.1, 0.15) is 24.2 Å². The molecule has 172 valence electrons. The minimum absolute atomic E-state index is 0.244. The van der Waals surface area contributed by atoms with Crippen molar-refractivity contribution in [3.8, 4) is 11.5 Å². The first kappa shape index (κ1) is 24.1. The number of nitrogens with one attached hydrogen (secondary N) is 2. The molecule has 0 spiro atoms. The van der Waals surface area contributed by atoms with Crippen molar-refractivity contribution in [1.82, 2.24) is 5.32 Å². The van der Waals surface area contributed by atoms with Crippen LogP contribution in [0.4, 0.5) is 11.4 Å². The number of para-hydroxylation sites is 1. The minimum atomic E-state index is -0.286. The standard InChI is InChI=1S/C26H29N3O3S/c1-3-29(4-2)22-14-12-21(13-15-22)27-26(33)28-25(30)20-10-16-24(17-11-20)32-19-18-31-23-8-6-5-7-9-23/h5-17H,3-4,18-19H2,1-2H3,(H2,27,28,30,33). The quantitative estimate of drug-likeness (QED) is 0.322. The fourth-order valence-corrected chi connectivity index (χ4v) is 3.43. The molecule has 0 aliphatic carbocycles. The Kier molecular flexibility index (Phi) is 9.08. The van der Waals surface area contributed by atoms with Crippen LogP contribution >= 0.6 is 12.2 Å². The average molecular weight is 464 g/mol. The van der Waals surface area contributed by atoms with Gasteiger partial charge >= 0.3 is 0 Å². The van der Waals surface area contributed by atoms with Gasteiger partial charge in [0.05, 0.1) is 0 Å². The highest BCUT2D eigenvalue weighted by Gasteiger charge is 2.09. The van der Waals surface area contributed by atoms with Gasteiger partial charge in [0.25, 0.3) is 5.91 Å². The molecule has 0 saturated heterocycles. The van der Waals surface area contributed by atoms with E-state index in [-0.39, 0.29) is 11.0 Å². The highest BCUT2D eigenvalue weighted by atomic mass is 32.1. The summed E-state index contributed by atoms with van der Waals surface area (Å²) in [7, 11) is 0. The van der Waals surface area contributed by atoms with Gasteiger partial charge in [0.2, 0.25) is 0 Å². The molecule has 0 aliphatic heterocycles. The van der Waals surface area contributed by atoms with Gasteiger partial charge in [-0.1, -0.05) is 18.2 Å². The van der Waals surface area contributed by atoms with Gasteiger partial charge in [0.1, 0.15) is 24.7 Å². The number of hydrogen-bond donors (Lipinski definition) is 2. The Balaban J connectivity index is 1.43. The second kappa shape index (κ2) is 12.5. The van der Waals surface area contributed by atoms with Crippen LogP contribution in [0.2, 0.25) is 0 Å². The summed E-state index contributed by atoms with van der Waals surface area (Å²) in [5, 5.41) is 6.00. The van der Waals surface area contributed by atoms with Crippen LogP contribution in [0.25, 0.3) is 0 Å². The number of hydrogen-bond acceptors (Lipinski definition) is 5. The average Bonchev–Trinajstić information content (AvgIpc) is 2.84. The van der Waals surface area contributed by atoms with Crippen LogP contribution in [0.5, 0.6) is 11.5 Å². The van der Waals surface area contributed by atoms with E-state index in [2.05, 4.69) is 29.4 Å². The van der Waals surface area contributed by atoms with Crippen molar-refractivity contribution < 1.29 is 14.3 Å². The molecule has 0 fully saturated rings. The largest absolute Gasteiger partial charge is 0.490 e. The first-order valence-electron chi connectivity index (χ1n) is 11.0. The molecular formula is C26H29N3O3S. The van der Waals surface area contributed by atoms with Crippen LogP contribution in [0.15, 0.2) is 78.9 Å². The van der Waals surface area contributed by atoms with Crippen LogP contribution in [-0.4, -0.2) is 37.3 Å². The highest BCUT2D eigenvalue weighted by Crippen LogP contribution is 2.18. The normalized spacial score (nSPS) is 10.2. The third kappa shape index (κ3) is 7.50. The monoisotopic (exact) mass is 463 g/mol. The molecule has 6 nitrogen and oxygen atoms in total. The highest BCUT2D eigenvalue weighted by molar-refractivity contribution is 7.80. The van der Waals surface area contributed by atoms with Gasteiger partial charge in [-0.25, -0.2) is 0 Å². The Morgan fingerprint density at radius 2 is 1.39 bits per heavy atom. The SMILES string of the molecule is CCN(CC)c1ccc(NC(=S)NC(=O)c2ccc(OCCOc3ccccc3)cc2)cc1. The molecule has 1 amide bonds. The molecule has 0 radical (unpaired) electrons. The summed E-state index contributed by atoms with van der Waals surface area (Å²) in [6.45, 7) is 6.98. The van der Waals surface area contributed by atoms with E-state index >= 15 is 0 Å². The zero-order valence-electron chi connectivity index (χ0n) is 18.9. The molecule has 0 atom stereocenters. The predicted octanol–water partition coefficient (Wildman–Crippen LogP) is 5.12. The summed E-state index contributed by atoms with van der Waals surface area (Å²) >= 11 is 5.29. The minimum Gasteiger partial charge on any atom is -0.490 e. The molecule has 7 heteroatoms. The summed E-state index contributed by atoms with van der Waals surface area (Å²) in [5.41, 5.74) is 2.45. The van der Waals surface area contributed by atoms with Crippen molar-refractivity contribution in [2.75, 3.05) is 36.5 Å². The second-order valence-corrected chi connectivity index (χ2v) is 7.57. The first-order valence-corrected chi connectivity index (χ1v) is 11.4. The number of carbonyl (C=O) groups excluding carboxylic acids is 1. The number of carbonyl (C=O) groups is 1. The van der Waals surface area contributed by atoms with E-state index in [9.17, 15) is 4.79 Å². The molecule has 0 heterocycles. The molecule has 3 rings (SSSR count). The molecule has 2 N–H and O–H groups in total. The molecule has 0 unspecified atom stereocenters. The summed E-state index contributed by atoms with van der Waals surface area (Å²) in [6.07, 6.45) is 0. The summed E-state index contributed by atoms with van der Waals surface area (Å²) in [6, 6.07) is 24.4. The number of amides is 1. The summed E-state index contributed by atoms with van der Waals surface area (Å²) in [5.74, 6) is 1.18. The van der Waals surface area contributed by atoms with E-state index in [0.717, 1.165) is 30.2 Å². The smallest absolute Gasteiger partial charge is 0.257 e. The molecule has 0 saturated carbocycles. The van der Waals surface area contributed by atoms with E-state index < -0.39 is 0 Å². The number of anilines is 2. The molecule has 33 heavy (non-hydrogen) atoms. The second-order valence-electron chi connectivity index (χ2n) is 7.16. The van der Waals surface area contributed by atoms with Crippen LogP contribution in [-0.2, 0) is 0 Å². The van der Waals surface area contributed by atoms with E-state index in [0.29, 0.717) is 24.5 Å². The van der Waals surface area contributed by atoms with E-state index in [1.807, 2.05) is 54.6 Å². The van der Waals surface area contributed by atoms with Crippen LogP contribution in [0.3, 0.4) is 0 Å². The number of thiocarbonyl (C=S) groups is 1. The maximum absolute atomic E-state index is 12.5. The van der Waals surface area contributed by atoms with Gasteiger partial charge in [-0.2, -0.15) is 0 Å². The van der Waals surface area contributed by atoms with Gasteiger partial charge in [-0.3, -0.25) is 10.1 Å². The molecule has 3 aromatic rings. The van der Waals surface area contributed by atoms with Gasteiger partial charge < -0.3 is 19.7 Å². The van der Waals surface area contributed by atoms with Gasteiger partial charge in [-0.05, 0) is 86.7 Å². The topological polar surface area (TPSA) is 62.8 Å².